The summed E-state index contributed by atoms with van der Waals surface area (Å²) in [6, 6.07) is 8.44. The first kappa shape index (κ1) is 13.6. The van der Waals surface area contributed by atoms with E-state index in [0.29, 0.717) is 16.8 Å². The van der Waals surface area contributed by atoms with E-state index in [1.165, 1.54) is 6.20 Å². The van der Waals surface area contributed by atoms with Crippen LogP contribution in [0, 0.1) is 12.7 Å². The largest absolute Gasteiger partial charge is 0.454 e. The molecule has 1 aromatic carbocycles. The summed E-state index contributed by atoms with van der Waals surface area (Å²) in [6.45, 7) is 1.74. The van der Waals surface area contributed by atoms with E-state index >= 15 is 0 Å². The van der Waals surface area contributed by atoms with E-state index in [-0.39, 0.29) is 12.4 Å². The Morgan fingerprint density at radius 1 is 1.29 bits per heavy atom. The smallest absolute Gasteiger partial charge is 0.175 e. The maximum Gasteiger partial charge on any atom is 0.175 e. The number of aromatic nitrogens is 2. The molecule has 3 rings (SSSR count). The highest BCUT2D eigenvalue weighted by molar-refractivity contribution is 5.83. The number of aryl methyl sites for hydroxylation is 2. The molecule has 2 aromatic heterocycles. The average molecular weight is 286 g/mol. The average Bonchev–Trinajstić information content (AvgIpc) is 2.79. The summed E-state index contributed by atoms with van der Waals surface area (Å²) in [5, 5.41) is 9.59. The molecule has 0 unspecified atom stereocenters. The highest BCUT2D eigenvalue weighted by Crippen LogP contribution is 2.31. The van der Waals surface area contributed by atoms with Gasteiger partial charge < -0.3 is 14.4 Å². The number of rotatable bonds is 3. The molecule has 0 saturated heterocycles. The quantitative estimate of drug-likeness (QED) is 0.803. The van der Waals surface area contributed by atoms with Gasteiger partial charge in [0.2, 0.25) is 0 Å². The van der Waals surface area contributed by atoms with Gasteiger partial charge in [0, 0.05) is 30.4 Å². The summed E-state index contributed by atoms with van der Waals surface area (Å²) in [4.78, 5) is 3.96. The van der Waals surface area contributed by atoms with Crippen LogP contribution >= 0.6 is 0 Å². The number of ether oxygens (including phenoxy) is 1. The molecule has 0 aliphatic rings. The zero-order valence-corrected chi connectivity index (χ0v) is 11.8. The fourth-order valence-corrected chi connectivity index (χ4v) is 2.30. The molecule has 0 atom stereocenters. The normalized spacial score (nSPS) is 11.0. The first-order valence-electron chi connectivity index (χ1n) is 6.58. The fraction of sp³-hybridized carbons (Fsp3) is 0.188. The Balaban J connectivity index is 2.02. The first-order chi connectivity index (χ1) is 10.1. The van der Waals surface area contributed by atoms with Gasteiger partial charge in [0.15, 0.2) is 11.6 Å². The van der Waals surface area contributed by atoms with Crippen LogP contribution in [0.1, 0.15) is 11.4 Å². The van der Waals surface area contributed by atoms with E-state index in [2.05, 4.69) is 4.98 Å². The van der Waals surface area contributed by atoms with Crippen LogP contribution in [0.3, 0.4) is 0 Å². The van der Waals surface area contributed by atoms with Crippen molar-refractivity contribution in [3.8, 4) is 11.5 Å². The standard InChI is InChI=1S/C16H15FN2O2/c1-10-7-13-14(19(10)2)3-4-15(16(13)17)21-12-5-6-18-11(8-12)9-20/h3-8,20H,9H2,1-2H3. The third-order valence-electron chi connectivity index (χ3n) is 3.54. The van der Waals surface area contributed by atoms with Crippen LogP contribution in [-0.4, -0.2) is 14.7 Å². The van der Waals surface area contributed by atoms with Gasteiger partial charge in [0.1, 0.15) is 5.75 Å². The number of hydrogen-bond acceptors (Lipinski definition) is 3. The Bertz CT molecular complexity index is 811. The Hall–Kier alpha value is -2.40. The molecule has 0 spiro atoms. The van der Waals surface area contributed by atoms with Crippen LogP contribution in [0.2, 0.25) is 0 Å². The lowest BCUT2D eigenvalue weighted by Crippen LogP contribution is -1.94. The van der Waals surface area contributed by atoms with Crippen LogP contribution in [0.5, 0.6) is 11.5 Å². The second-order valence-corrected chi connectivity index (χ2v) is 4.90. The minimum Gasteiger partial charge on any atom is -0.454 e. The van der Waals surface area contributed by atoms with Gasteiger partial charge in [-0.2, -0.15) is 0 Å². The first-order valence-corrected chi connectivity index (χ1v) is 6.58. The maximum atomic E-state index is 14.5. The summed E-state index contributed by atoms with van der Waals surface area (Å²) >= 11 is 0. The lowest BCUT2D eigenvalue weighted by molar-refractivity contribution is 0.276. The molecular formula is C16H15FN2O2. The van der Waals surface area contributed by atoms with Crippen molar-refractivity contribution in [2.75, 3.05) is 0 Å². The summed E-state index contributed by atoms with van der Waals surface area (Å²) in [5.41, 5.74) is 2.28. The Morgan fingerprint density at radius 3 is 2.86 bits per heavy atom. The van der Waals surface area contributed by atoms with Gasteiger partial charge in [0.05, 0.1) is 17.8 Å². The monoisotopic (exact) mass is 286 g/mol. The van der Waals surface area contributed by atoms with E-state index in [4.69, 9.17) is 9.84 Å². The highest BCUT2D eigenvalue weighted by atomic mass is 19.1. The second-order valence-electron chi connectivity index (χ2n) is 4.90. The summed E-state index contributed by atoms with van der Waals surface area (Å²) in [7, 11) is 1.90. The number of benzene rings is 1. The predicted molar refractivity (Wildman–Crippen MR) is 77.8 cm³/mol. The molecule has 0 fully saturated rings. The molecule has 2 heterocycles. The molecule has 0 bridgehead atoms. The minimum atomic E-state index is -0.390. The Labute approximate surface area is 121 Å². The maximum absolute atomic E-state index is 14.5. The molecule has 4 nitrogen and oxygen atoms in total. The van der Waals surface area contributed by atoms with Crippen molar-refractivity contribution in [2.45, 2.75) is 13.5 Å². The number of halogens is 1. The molecule has 0 amide bonds. The van der Waals surface area contributed by atoms with Crippen molar-refractivity contribution in [1.29, 1.82) is 0 Å². The lowest BCUT2D eigenvalue weighted by atomic mass is 10.2. The zero-order chi connectivity index (χ0) is 15.0. The molecule has 108 valence electrons. The molecule has 3 aromatic rings. The SMILES string of the molecule is Cc1cc2c(F)c(Oc3ccnc(CO)c3)ccc2n1C. The second kappa shape index (κ2) is 5.18. The van der Waals surface area contributed by atoms with Crippen LogP contribution in [0.25, 0.3) is 10.9 Å². The molecule has 1 N–H and O–H groups in total. The Morgan fingerprint density at radius 2 is 2.10 bits per heavy atom. The highest BCUT2D eigenvalue weighted by Gasteiger charge is 2.13. The van der Waals surface area contributed by atoms with Gasteiger partial charge in [-0.05, 0) is 31.2 Å². The van der Waals surface area contributed by atoms with Gasteiger partial charge in [-0.15, -0.1) is 0 Å². The number of pyridine rings is 1. The van der Waals surface area contributed by atoms with Gasteiger partial charge in [-0.1, -0.05) is 0 Å². The van der Waals surface area contributed by atoms with E-state index in [0.717, 1.165) is 11.2 Å². The van der Waals surface area contributed by atoms with Crippen molar-refractivity contribution in [1.82, 2.24) is 9.55 Å². The van der Waals surface area contributed by atoms with Crippen LogP contribution in [0.4, 0.5) is 4.39 Å². The minimum absolute atomic E-state index is 0.156. The van der Waals surface area contributed by atoms with Gasteiger partial charge >= 0.3 is 0 Å². The number of aliphatic hydroxyl groups is 1. The van der Waals surface area contributed by atoms with Crippen LogP contribution < -0.4 is 4.74 Å². The summed E-state index contributed by atoms with van der Waals surface area (Å²) in [5.74, 6) is 0.210. The predicted octanol–water partition coefficient (Wildman–Crippen LogP) is 3.31. The van der Waals surface area contributed by atoms with Gasteiger partial charge in [0.25, 0.3) is 0 Å². The zero-order valence-electron chi connectivity index (χ0n) is 11.8. The number of hydrogen-bond donors (Lipinski definition) is 1. The fourth-order valence-electron chi connectivity index (χ4n) is 2.30. The number of aliphatic hydroxyl groups excluding tert-OH is 1. The van der Waals surface area contributed by atoms with Gasteiger partial charge in [-0.3, -0.25) is 4.98 Å². The summed E-state index contributed by atoms with van der Waals surface area (Å²) < 4.78 is 22.0. The molecule has 21 heavy (non-hydrogen) atoms. The van der Waals surface area contributed by atoms with Crippen LogP contribution in [0.15, 0.2) is 36.5 Å². The van der Waals surface area contributed by atoms with Crippen molar-refractivity contribution in [3.63, 3.8) is 0 Å². The van der Waals surface area contributed by atoms with Crippen molar-refractivity contribution in [2.24, 2.45) is 7.05 Å². The molecule has 0 radical (unpaired) electrons. The van der Waals surface area contributed by atoms with E-state index in [9.17, 15) is 4.39 Å². The topological polar surface area (TPSA) is 47.3 Å². The third kappa shape index (κ3) is 2.36. The summed E-state index contributed by atoms with van der Waals surface area (Å²) in [6.07, 6.45) is 1.52. The molecule has 5 heteroatoms. The van der Waals surface area contributed by atoms with Crippen molar-refractivity contribution < 1.29 is 14.2 Å². The Kier molecular flexibility index (Phi) is 3.35. The lowest BCUT2D eigenvalue weighted by Gasteiger charge is -2.08. The van der Waals surface area contributed by atoms with E-state index < -0.39 is 5.82 Å². The van der Waals surface area contributed by atoms with Gasteiger partial charge in [-0.25, -0.2) is 4.39 Å². The number of nitrogens with zero attached hydrogens (tertiary/aromatic N) is 2. The molecular weight excluding hydrogens is 271 g/mol. The molecule has 0 aliphatic heterocycles. The van der Waals surface area contributed by atoms with Crippen molar-refractivity contribution >= 4 is 10.9 Å². The number of fused-ring (bicyclic) bond motifs is 1. The van der Waals surface area contributed by atoms with E-state index in [1.807, 2.05) is 24.6 Å². The molecule has 0 aliphatic carbocycles. The third-order valence-corrected chi connectivity index (χ3v) is 3.54. The van der Waals surface area contributed by atoms with Crippen molar-refractivity contribution in [3.05, 3.63) is 53.7 Å². The van der Waals surface area contributed by atoms with E-state index in [1.54, 1.807) is 24.3 Å². The van der Waals surface area contributed by atoms with Crippen LogP contribution in [-0.2, 0) is 13.7 Å². The molecule has 0 saturated carbocycles.